The number of para-hydroxylation sites is 1. The van der Waals surface area contributed by atoms with E-state index in [1.54, 1.807) is 0 Å². The highest BCUT2D eigenvalue weighted by molar-refractivity contribution is 5.98. The van der Waals surface area contributed by atoms with Crippen LogP contribution < -0.4 is 5.32 Å². The van der Waals surface area contributed by atoms with E-state index in [1.807, 2.05) is 0 Å². The lowest BCUT2D eigenvalue weighted by Gasteiger charge is -2.12. The summed E-state index contributed by atoms with van der Waals surface area (Å²) < 4.78 is 0. The molecule has 1 aliphatic rings. The highest BCUT2D eigenvalue weighted by atomic mass is 16.6. The minimum absolute atomic E-state index is 0.0453. The minimum Gasteiger partial charge on any atom is -0.502 e. The van der Waals surface area contributed by atoms with Crippen molar-refractivity contribution >= 4 is 11.6 Å². The lowest BCUT2D eigenvalue weighted by atomic mass is 10.1. The summed E-state index contributed by atoms with van der Waals surface area (Å²) in [4.78, 5) is 21.9. The third kappa shape index (κ3) is 2.42. The molecule has 96 valence electrons. The van der Waals surface area contributed by atoms with Crippen LogP contribution in [0.1, 0.15) is 36.0 Å². The second kappa shape index (κ2) is 5.03. The lowest BCUT2D eigenvalue weighted by molar-refractivity contribution is -0.385. The summed E-state index contributed by atoms with van der Waals surface area (Å²) in [5.74, 6) is -1.03. The largest absolute Gasteiger partial charge is 0.502 e. The number of hydrogen-bond acceptors (Lipinski definition) is 4. The number of amides is 1. The molecule has 0 spiro atoms. The van der Waals surface area contributed by atoms with Gasteiger partial charge in [0.2, 0.25) is 5.75 Å². The van der Waals surface area contributed by atoms with Crippen LogP contribution in [0.2, 0.25) is 0 Å². The van der Waals surface area contributed by atoms with Crippen LogP contribution in [0.25, 0.3) is 0 Å². The molecule has 0 unspecified atom stereocenters. The number of carbonyl (C=O) groups excluding carboxylic acids is 1. The molecule has 0 aromatic heterocycles. The Morgan fingerprint density at radius 3 is 2.67 bits per heavy atom. The SMILES string of the molecule is O=C(NC1CCCC1)c1cccc([N+](=O)[O-])c1O. The van der Waals surface area contributed by atoms with Crippen molar-refractivity contribution in [3.63, 3.8) is 0 Å². The molecule has 1 aromatic rings. The Bertz CT molecular complexity index is 481. The highest BCUT2D eigenvalue weighted by Crippen LogP contribution is 2.29. The Balaban J connectivity index is 2.19. The number of nitrogens with one attached hydrogen (secondary N) is 1. The van der Waals surface area contributed by atoms with E-state index < -0.39 is 22.3 Å². The second-order valence-corrected chi connectivity index (χ2v) is 4.39. The first-order valence-electron chi connectivity index (χ1n) is 5.87. The van der Waals surface area contributed by atoms with Gasteiger partial charge in [0.15, 0.2) is 0 Å². The van der Waals surface area contributed by atoms with Gasteiger partial charge in [-0.05, 0) is 18.9 Å². The molecule has 6 heteroatoms. The highest BCUT2D eigenvalue weighted by Gasteiger charge is 2.23. The number of phenolic OH excluding ortho intramolecular Hbond substituents is 1. The molecule has 0 radical (unpaired) electrons. The average molecular weight is 250 g/mol. The summed E-state index contributed by atoms with van der Waals surface area (Å²) in [5, 5.41) is 23.1. The third-order valence-electron chi connectivity index (χ3n) is 3.15. The van der Waals surface area contributed by atoms with Gasteiger partial charge in [0, 0.05) is 12.1 Å². The maximum atomic E-state index is 11.9. The number of phenols is 1. The van der Waals surface area contributed by atoms with Crippen LogP contribution in [0.4, 0.5) is 5.69 Å². The zero-order chi connectivity index (χ0) is 13.1. The van der Waals surface area contributed by atoms with E-state index in [0.29, 0.717) is 0 Å². The van der Waals surface area contributed by atoms with Crippen molar-refractivity contribution < 1.29 is 14.8 Å². The fraction of sp³-hybridized carbons (Fsp3) is 0.417. The summed E-state index contributed by atoms with van der Waals surface area (Å²) in [6.07, 6.45) is 3.99. The number of nitro benzene ring substituents is 1. The number of benzene rings is 1. The first-order chi connectivity index (χ1) is 8.59. The molecular formula is C12H14N2O4. The van der Waals surface area contributed by atoms with Crippen molar-refractivity contribution in [1.29, 1.82) is 0 Å². The van der Waals surface area contributed by atoms with Gasteiger partial charge in [0.1, 0.15) is 0 Å². The van der Waals surface area contributed by atoms with Gasteiger partial charge in [-0.2, -0.15) is 0 Å². The number of hydrogen-bond donors (Lipinski definition) is 2. The van der Waals surface area contributed by atoms with Crippen LogP contribution >= 0.6 is 0 Å². The fourth-order valence-corrected chi connectivity index (χ4v) is 2.20. The first-order valence-corrected chi connectivity index (χ1v) is 5.87. The number of rotatable bonds is 3. The maximum Gasteiger partial charge on any atom is 0.311 e. The number of carbonyl (C=O) groups is 1. The molecule has 18 heavy (non-hydrogen) atoms. The van der Waals surface area contributed by atoms with Gasteiger partial charge < -0.3 is 10.4 Å². The molecule has 0 atom stereocenters. The normalized spacial score (nSPS) is 15.6. The standard InChI is InChI=1S/C12H14N2O4/c15-11-9(6-3-7-10(11)14(17)18)12(16)13-8-4-1-2-5-8/h3,6-8,15H,1-2,4-5H2,(H,13,16). The molecule has 1 aromatic carbocycles. The van der Waals surface area contributed by atoms with Gasteiger partial charge in [-0.1, -0.05) is 18.9 Å². The molecule has 1 fully saturated rings. The van der Waals surface area contributed by atoms with Crippen molar-refractivity contribution in [3.05, 3.63) is 33.9 Å². The van der Waals surface area contributed by atoms with Gasteiger partial charge >= 0.3 is 5.69 Å². The van der Waals surface area contributed by atoms with Crippen molar-refractivity contribution in [3.8, 4) is 5.75 Å². The van der Waals surface area contributed by atoms with Gasteiger partial charge in [-0.15, -0.1) is 0 Å². The van der Waals surface area contributed by atoms with E-state index in [9.17, 15) is 20.0 Å². The molecule has 6 nitrogen and oxygen atoms in total. The fourth-order valence-electron chi connectivity index (χ4n) is 2.20. The van der Waals surface area contributed by atoms with E-state index in [4.69, 9.17) is 0 Å². The molecule has 1 amide bonds. The van der Waals surface area contributed by atoms with Crippen molar-refractivity contribution in [1.82, 2.24) is 5.32 Å². The number of aromatic hydroxyl groups is 1. The molecule has 1 aliphatic carbocycles. The Labute approximate surface area is 104 Å². The molecule has 2 N–H and O–H groups in total. The summed E-state index contributed by atoms with van der Waals surface area (Å²) >= 11 is 0. The molecule has 1 saturated carbocycles. The second-order valence-electron chi connectivity index (χ2n) is 4.39. The summed E-state index contributed by atoms with van der Waals surface area (Å²) in [5.41, 5.74) is -0.495. The summed E-state index contributed by atoms with van der Waals surface area (Å²) in [6.45, 7) is 0. The number of nitro groups is 1. The topological polar surface area (TPSA) is 92.5 Å². The molecule has 0 aliphatic heterocycles. The van der Waals surface area contributed by atoms with E-state index in [0.717, 1.165) is 25.7 Å². The molecular weight excluding hydrogens is 236 g/mol. The van der Waals surface area contributed by atoms with E-state index >= 15 is 0 Å². The Morgan fingerprint density at radius 2 is 2.06 bits per heavy atom. The quantitative estimate of drug-likeness (QED) is 0.633. The lowest BCUT2D eigenvalue weighted by Crippen LogP contribution is -2.32. The minimum atomic E-state index is -0.707. The van der Waals surface area contributed by atoms with Crippen molar-refractivity contribution in [2.75, 3.05) is 0 Å². The zero-order valence-corrected chi connectivity index (χ0v) is 9.76. The Kier molecular flexibility index (Phi) is 3.45. The van der Waals surface area contributed by atoms with Crippen LogP contribution in [0.15, 0.2) is 18.2 Å². The Hall–Kier alpha value is -2.11. The van der Waals surface area contributed by atoms with E-state index in [-0.39, 0.29) is 11.6 Å². The van der Waals surface area contributed by atoms with Gasteiger partial charge in [-0.25, -0.2) is 0 Å². The van der Waals surface area contributed by atoms with Crippen LogP contribution in [-0.2, 0) is 0 Å². The summed E-state index contributed by atoms with van der Waals surface area (Å²) in [6, 6.07) is 4.05. The molecule has 0 heterocycles. The monoisotopic (exact) mass is 250 g/mol. The first kappa shape index (κ1) is 12.3. The van der Waals surface area contributed by atoms with E-state index in [1.165, 1.54) is 18.2 Å². The van der Waals surface area contributed by atoms with Crippen molar-refractivity contribution in [2.24, 2.45) is 0 Å². The smallest absolute Gasteiger partial charge is 0.311 e. The van der Waals surface area contributed by atoms with Crippen LogP contribution in [0.5, 0.6) is 5.75 Å². The summed E-state index contributed by atoms with van der Waals surface area (Å²) in [7, 11) is 0. The van der Waals surface area contributed by atoms with Gasteiger partial charge in [0.05, 0.1) is 10.5 Å². The predicted octanol–water partition coefficient (Wildman–Crippen LogP) is 1.97. The molecule has 2 rings (SSSR count). The van der Waals surface area contributed by atoms with Gasteiger partial charge in [0.25, 0.3) is 5.91 Å². The van der Waals surface area contributed by atoms with Crippen molar-refractivity contribution in [2.45, 2.75) is 31.7 Å². The molecule has 0 saturated heterocycles. The van der Waals surface area contributed by atoms with Gasteiger partial charge in [-0.3, -0.25) is 14.9 Å². The average Bonchev–Trinajstić information content (AvgIpc) is 2.81. The maximum absolute atomic E-state index is 11.9. The van der Waals surface area contributed by atoms with Crippen LogP contribution in [0.3, 0.4) is 0 Å². The zero-order valence-electron chi connectivity index (χ0n) is 9.76. The molecule has 0 bridgehead atoms. The number of nitrogens with zero attached hydrogens (tertiary/aromatic N) is 1. The van der Waals surface area contributed by atoms with Crippen LogP contribution in [0, 0.1) is 10.1 Å². The van der Waals surface area contributed by atoms with Crippen LogP contribution in [-0.4, -0.2) is 22.0 Å². The Morgan fingerprint density at radius 1 is 1.39 bits per heavy atom. The van der Waals surface area contributed by atoms with E-state index in [2.05, 4.69) is 5.32 Å². The predicted molar refractivity (Wildman–Crippen MR) is 64.5 cm³/mol. The third-order valence-corrected chi connectivity index (χ3v) is 3.15.